The molecule has 0 N–H and O–H groups in total. The fourth-order valence-corrected chi connectivity index (χ4v) is 6.35. The van der Waals surface area contributed by atoms with Crippen LogP contribution in [0.5, 0.6) is 0 Å². The fraction of sp³-hybridized carbons (Fsp3) is 0.233. The van der Waals surface area contributed by atoms with Crippen molar-refractivity contribution in [3.63, 3.8) is 0 Å². The van der Waals surface area contributed by atoms with E-state index in [1.54, 1.807) is 6.07 Å². The molecule has 2 atom stereocenters. The molecule has 2 aliphatic rings. The third-order valence-corrected chi connectivity index (χ3v) is 7.97. The first-order chi connectivity index (χ1) is 16.1. The van der Waals surface area contributed by atoms with E-state index in [4.69, 9.17) is 4.42 Å². The minimum absolute atomic E-state index is 0.229. The predicted molar refractivity (Wildman–Crippen MR) is 130 cm³/mol. The second-order valence-corrected chi connectivity index (χ2v) is 9.78. The first-order valence-electron chi connectivity index (χ1n) is 11.8. The van der Waals surface area contributed by atoms with Crippen LogP contribution in [0.2, 0.25) is 0 Å². The van der Waals surface area contributed by atoms with Crippen molar-refractivity contribution in [2.75, 3.05) is 0 Å². The highest BCUT2D eigenvalue weighted by molar-refractivity contribution is 6.13. The quantitative estimate of drug-likeness (QED) is 0.262. The molecule has 0 spiro atoms. The molecule has 2 bridgehead atoms. The Hall–Kier alpha value is -3.46. The lowest BCUT2D eigenvalue weighted by Crippen LogP contribution is -2.30. The van der Waals surface area contributed by atoms with Crippen molar-refractivity contribution >= 4 is 21.9 Å². The number of halogens is 1. The average molecular weight is 435 g/mol. The van der Waals surface area contributed by atoms with E-state index in [9.17, 15) is 0 Å². The highest BCUT2D eigenvalue weighted by atomic mass is 19.1. The van der Waals surface area contributed by atoms with Gasteiger partial charge in [0, 0.05) is 22.9 Å². The number of furan rings is 1. The van der Waals surface area contributed by atoms with Crippen LogP contribution in [0.1, 0.15) is 47.8 Å². The molecule has 33 heavy (non-hydrogen) atoms. The smallest absolute Gasteiger partial charge is 0.216 e. The SMILES string of the molecule is Cc1ccc2c(oc3c(-c4ccc5c(c4)C4CCC5C4)c(F)ccc32)c1-c1cccc[n+]1C. The lowest BCUT2D eigenvalue weighted by molar-refractivity contribution is -0.660. The number of benzene rings is 3. The predicted octanol–water partition coefficient (Wildman–Crippen LogP) is 7.56. The Bertz CT molecular complexity index is 1590. The lowest BCUT2D eigenvalue weighted by Gasteiger charge is -2.16. The van der Waals surface area contributed by atoms with Gasteiger partial charge in [-0.1, -0.05) is 30.3 Å². The van der Waals surface area contributed by atoms with Crippen LogP contribution in [0, 0.1) is 12.7 Å². The highest BCUT2D eigenvalue weighted by Crippen LogP contribution is 2.54. The van der Waals surface area contributed by atoms with Gasteiger partial charge in [0.25, 0.3) is 0 Å². The molecule has 2 heterocycles. The summed E-state index contributed by atoms with van der Waals surface area (Å²) in [5.74, 6) is 1.10. The standard InChI is InChI=1S/C30H25FNO/c1-17-6-10-22-23-12-13-25(31)28(20-9-11-21-18-7-8-19(15-18)24(21)16-20)30(23)33-29(22)27(17)26-5-3-4-14-32(26)2/h3-6,9-14,16,18-19H,7-8,15H2,1-2H3/q+1. The average Bonchev–Trinajstić information content (AvgIpc) is 3.53. The molecule has 3 heteroatoms. The summed E-state index contributed by atoms with van der Waals surface area (Å²) < 4.78 is 24.0. The van der Waals surface area contributed by atoms with E-state index in [1.165, 1.54) is 30.4 Å². The van der Waals surface area contributed by atoms with Crippen LogP contribution in [0.3, 0.4) is 0 Å². The van der Waals surface area contributed by atoms with E-state index in [2.05, 4.69) is 47.9 Å². The van der Waals surface area contributed by atoms with Gasteiger partial charge in [0.1, 0.15) is 24.0 Å². The first-order valence-corrected chi connectivity index (χ1v) is 11.8. The molecule has 5 aromatic rings. The van der Waals surface area contributed by atoms with E-state index in [1.807, 2.05) is 31.4 Å². The van der Waals surface area contributed by atoms with E-state index < -0.39 is 0 Å². The van der Waals surface area contributed by atoms with Gasteiger partial charge in [-0.2, -0.15) is 0 Å². The molecule has 2 nitrogen and oxygen atoms in total. The molecule has 2 unspecified atom stereocenters. The molecule has 162 valence electrons. The second kappa shape index (κ2) is 6.77. The molecule has 1 fully saturated rings. The third kappa shape index (κ3) is 2.62. The number of hydrogen-bond donors (Lipinski definition) is 0. The van der Waals surface area contributed by atoms with Crippen LogP contribution in [0.25, 0.3) is 44.3 Å². The molecule has 0 saturated heterocycles. The number of nitrogens with zero attached hydrogens (tertiary/aromatic N) is 1. The zero-order valence-corrected chi connectivity index (χ0v) is 18.9. The van der Waals surface area contributed by atoms with Gasteiger partial charge in [-0.25, -0.2) is 8.96 Å². The highest BCUT2D eigenvalue weighted by Gasteiger charge is 2.37. The Morgan fingerprint density at radius 2 is 1.61 bits per heavy atom. The summed E-state index contributed by atoms with van der Waals surface area (Å²) in [6, 6.07) is 20.4. The number of hydrogen-bond acceptors (Lipinski definition) is 1. The molecular weight excluding hydrogens is 409 g/mol. The van der Waals surface area contributed by atoms with Gasteiger partial charge >= 0.3 is 0 Å². The maximum absolute atomic E-state index is 15.4. The summed E-state index contributed by atoms with van der Waals surface area (Å²) in [7, 11) is 2.04. The Kier molecular flexibility index (Phi) is 3.91. The molecule has 1 saturated carbocycles. The summed E-state index contributed by atoms with van der Waals surface area (Å²) in [4.78, 5) is 0. The van der Waals surface area contributed by atoms with Gasteiger partial charge in [-0.05, 0) is 78.5 Å². The molecule has 0 radical (unpaired) electrons. The van der Waals surface area contributed by atoms with E-state index in [0.717, 1.165) is 38.7 Å². The van der Waals surface area contributed by atoms with Crippen LogP contribution in [0.4, 0.5) is 4.39 Å². The molecular formula is C30H25FNO+. The van der Waals surface area contributed by atoms with Crippen LogP contribution in [-0.4, -0.2) is 0 Å². The van der Waals surface area contributed by atoms with Crippen LogP contribution in [0.15, 0.2) is 71.3 Å². The number of aryl methyl sites for hydroxylation is 2. The number of fused-ring (bicyclic) bond motifs is 8. The monoisotopic (exact) mass is 434 g/mol. The Balaban J connectivity index is 1.52. The number of aromatic nitrogens is 1. The minimum atomic E-state index is -0.229. The van der Waals surface area contributed by atoms with Crippen molar-refractivity contribution < 1.29 is 13.4 Å². The second-order valence-electron chi connectivity index (χ2n) is 9.78. The summed E-state index contributed by atoms with van der Waals surface area (Å²) in [6.45, 7) is 2.10. The zero-order valence-electron chi connectivity index (χ0n) is 18.9. The lowest BCUT2D eigenvalue weighted by atomic mass is 9.88. The topological polar surface area (TPSA) is 17.0 Å². The molecule has 2 aromatic heterocycles. The fourth-order valence-electron chi connectivity index (χ4n) is 6.35. The minimum Gasteiger partial charge on any atom is -0.454 e. The van der Waals surface area contributed by atoms with Crippen molar-refractivity contribution in [2.24, 2.45) is 7.05 Å². The van der Waals surface area contributed by atoms with Crippen molar-refractivity contribution in [3.05, 3.63) is 89.4 Å². The largest absolute Gasteiger partial charge is 0.454 e. The molecule has 2 aliphatic carbocycles. The Morgan fingerprint density at radius 3 is 2.42 bits per heavy atom. The summed E-state index contributed by atoms with van der Waals surface area (Å²) >= 11 is 0. The van der Waals surface area contributed by atoms with Crippen molar-refractivity contribution in [3.8, 4) is 22.4 Å². The van der Waals surface area contributed by atoms with Gasteiger partial charge < -0.3 is 4.42 Å². The van der Waals surface area contributed by atoms with Crippen LogP contribution >= 0.6 is 0 Å². The molecule has 0 aliphatic heterocycles. The Labute approximate surface area is 192 Å². The maximum Gasteiger partial charge on any atom is 0.216 e. The van der Waals surface area contributed by atoms with Gasteiger partial charge in [-0.15, -0.1) is 0 Å². The van der Waals surface area contributed by atoms with Crippen molar-refractivity contribution in [1.82, 2.24) is 0 Å². The normalized spacial score (nSPS) is 19.0. The summed E-state index contributed by atoms with van der Waals surface area (Å²) in [5.41, 5.74) is 9.13. The van der Waals surface area contributed by atoms with Crippen LogP contribution in [-0.2, 0) is 7.05 Å². The number of rotatable bonds is 2. The van der Waals surface area contributed by atoms with Gasteiger partial charge in [0.05, 0.1) is 11.1 Å². The van der Waals surface area contributed by atoms with E-state index in [-0.39, 0.29) is 5.82 Å². The van der Waals surface area contributed by atoms with Crippen molar-refractivity contribution in [2.45, 2.75) is 38.0 Å². The van der Waals surface area contributed by atoms with Crippen molar-refractivity contribution in [1.29, 1.82) is 0 Å². The zero-order chi connectivity index (χ0) is 22.3. The van der Waals surface area contributed by atoms with Gasteiger partial charge in [0.2, 0.25) is 5.69 Å². The van der Waals surface area contributed by atoms with Gasteiger partial charge in [-0.3, -0.25) is 0 Å². The van der Waals surface area contributed by atoms with Gasteiger partial charge in [0.15, 0.2) is 6.20 Å². The third-order valence-electron chi connectivity index (χ3n) is 7.97. The molecule has 0 amide bonds. The maximum atomic E-state index is 15.4. The molecule has 3 aromatic carbocycles. The van der Waals surface area contributed by atoms with E-state index in [0.29, 0.717) is 23.0 Å². The first kappa shape index (κ1) is 19.0. The number of pyridine rings is 1. The Morgan fingerprint density at radius 1 is 0.848 bits per heavy atom. The molecule has 7 rings (SSSR count). The van der Waals surface area contributed by atoms with Crippen LogP contribution < -0.4 is 4.57 Å². The van der Waals surface area contributed by atoms with E-state index >= 15 is 4.39 Å². The summed E-state index contributed by atoms with van der Waals surface area (Å²) in [6.07, 6.45) is 5.85. The summed E-state index contributed by atoms with van der Waals surface area (Å²) in [5, 5.41) is 1.99.